The Balaban J connectivity index is 1.52. The molecule has 152 valence electrons. The lowest BCUT2D eigenvalue weighted by Gasteiger charge is -2.18. The molecular formula is C22H17Cl2N3O2S. The second kappa shape index (κ2) is 9.00. The highest BCUT2D eigenvalue weighted by Crippen LogP contribution is 2.26. The number of hydrogen-bond acceptors (Lipinski definition) is 4. The fraction of sp³-hybridized carbons (Fsp3) is 0.136. The molecule has 0 aliphatic rings. The van der Waals surface area contributed by atoms with Gasteiger partial charge in [-0.25, -0.2) is 4.98 Å². The third-order valence-electron chi connectivity index (χ3n) is 4.69. The Bertz CT molecular complexity index is 1240. The van der Waals surface area contributed by atoms with Crippen molar-refractivity contribution < 1.29 is 4.79 Å². The van der Waals surface area contributed by atoms with Crippen LogP contribution in [-0.4, -0.2) is 15.5 Å². The first-order valence-electron chi connectivity index (χ1n) is 9.25. The highest BCUT2D eigenvalue weighted by Gasteiger charge is 2.18. The summed E-state index contributed by atoms with van der Waals surface area (Å²) < 4.78 is 1.40. The second-order valence-electron chi connectivity index (χ2n) is 6.70. The van der Waals surface area contributed by atoms with E-state index in [4.69, 9.17) is 23.2 Å². The first-order valence-corrected chi connectivity index (χ1v) is 10.9. The van der Waals surface area contributed by atoms with Gasteiger partial charge in [0, 0.05) is 22.9 Å². The van der Waals surface area contributed by atoms with E-state index in [1.165, 1.54) is 17.0 Å². The molecule has 4 rings (SSSR count). The number of hydrogen-bond donors (Lipinski definition) is 1. The minimum Gasteiger partial charge on any atom is -0.344 e. The predicted molar refractivity (Wildman–Crippen MR) is 121 cm³/mol. The number of benzene rings is 2. The van der Waals surface area contributed by atoms with Crippen molar-refractivity contribution in [2.75, 3.05) is 0 Å². The average Bonchev–Trinajstić information content (AvgIpc) is 3.27. The Morgan fingerprint density at radius 3 is 2.67 bits per heavy atom. The van der Waals surface area contributed by atoms with Crippen LogP contribution in [0.25, 0.3) is 10.9 Å². The van der Waals surface area contributed by atoms with E-state index < -0.39 is 0 Å². The van der Waals surface area contributed by atoms with E-state index in [1.807, 2.05) is 47.8 Å². The maximum absolute atomic E-state index is 12.8. The molecule has 0 bridgehead atoms. The van der Waals surface area contributed by atoms with E-state index in [1.54, 1.807) is 17.4 Å². The first-order chi connectivity index (χ1) is 14.5. The number of aryl methyl sites for hydroxylation is 1. The van der Waals surface area contributed by atoms with E-state index in [9.17, 15) is 9.59 Å². The minimum absolute atomic E-state index is 0.135. The van der Waals surface area contributed by atoms with Gasteiger partial charge in [-0.05, 0) is 29.1 Å². The van der Waals surface area contributed by atoms with Crippen molar-refractivity contribution in [2.45, 2.75) is 19.0 Å². The Morgan fingerprint density at radius 2 is 1.93 bits per heavy atom. The number of carbonyl (C=O) groups excluding carboxylic acids is 1. The third-order valence-corrected chi connectivity index (χ3v) is 6.13. The van der Waals surface area contributed by atoms with Crippen LogP contribution in [0.15, 0.2) is 71.1 Å². The normalized spacial score (nSPS) is 12.1. The van der Waals surface area contributed by atoms with Crippen molar-refractivity contribution >= 4 is 51.3 Å². The highest BCUT2D eigenvalue weighted by atomic mass is 35.5. The molecule has 1 N–H and O–H groups in total. The Hall–Kier alpha value is -2.67. The van der Waals surface area contributed by atoms with Crippen LogP contribution < -0.4 is 10.9 Å². The predicted octanol–water partition coefficient (Wildman–Crippen LogP) is 5.06. The molecule has 4 aromatic rings. The summed E-state index contributed by atoms with van der Waals surface area (Å²) in [6, 6.07) is 16.6. The van der Waals surface area contributed by atoms with Gasteiger partial charge in [-0.3, -0.25) is 14.2 Å². The summed E-state index contributed by atoms with van der Waals surface area (Å²) >= 11 is 13.7. The quantitative estimate of drug-likeness (QED) is 0.439. The molecule has 0 saturated heterocycles. The van der Waals surface area contributed by atoms with Gasteiger partial charge in [0.05, 0.1) is 28.3 Å². The SMILES string of the molecule is O=C(CCn1cnc2c(Cl)cc(Cl)cc2c1=O)NC(c1ccccc1)c1cccs1. The summed E-state index contributed by atoms with van der Waals surface area (Å²) in [4.78, 5) is 30.7. The second-order valence-corrected chi connectivity index (χ2v) is 8.53. The summed E-state index contributed by atoms with van der Waals surface area (Å²) in [5.41, 5.74) is 1.12. The lowest BCUT2D eigenvalue weighted by Crippen LogP contribution is -2.31. The van der Waals surface area contributed by atoms with Crippen LogP contribution in [0.3, 0.4) is 0 Å². The topological polar surface area (TPSA) is 64.0 Å². The van der Waals surface area contributed by atoms with Gasteiger partial charge in [-0.2, -0.15) is 0 Å². The Labute approximate surface area is 186 Å². The number of halogens is 2. The molecule has 2 aromatic carbocycles. The van der Waals surface area contributed by atoms with Crippen molar-refractivity contribution in [1.29, 1.82) is 0 Å². The lowest BCUT2D eigenvalue weighted by molar-refractivity contribution is -0.121. The average molecular weight is 458 g/mol. The zero-order valence-electron chi connectivity index (χ0n) is 15.7. The first kappa shape index (κ1) is 20.6. The molecule has 0 fully saturated rings. The number of carbonyl (C=O) groups is 1. The minimum atomic E-state index is -0.282. The molecule has 30 heavy (non-hydrogen) atoms. The van der Waals surface area contributed by atoms with Crippen LogP contribution in [0, 0.1) is 0 Å². The van der Waals surface area contributed by atoms with Crippen LogP contribution in [-0.2, 0) is 11.3 Å². The van der Waals surface area contributed by atoms with Crippen molar-refractivity contribution in [3.8, 4) is 0 Å². The van der Waals surface area contributed by atoms with Gasteiger partial charge >= 0.3 is 0 Å². The fourth-order valence-corrected chi connectivity index (χ4v) is 4.57. The maximum atomic E-state index is 12.8. The van der Waals surface area contributed by atoms with Crippen LogP contribution in [0.2, 0.25) is 10.0 Å². The summed E-state index contributed by atoms with van der Waals surface area (Å²) in [7, 11) is 0. The fourth-order valence-electron chi connectivity index (χ4n) is 3.23. The number of nitrogens with one attached hydrogen (secondary N) is 1. The van der Waals surface area contributed by atoms with Crippen LogP contribution in [0.5, 0.6) is 0 Å². The largest absolute Gasteiger partial charge is 0.344 e. The molecule has 5 nitrogen and oxygen atoms in total. The molecule has 2 aromatic heterocycles. The Morgan fingerprint density at radius 1 is 1.13 bits per heavy atom. The third kappa shape index (κ3) is 4.41. The molecule has 1 amide bonds. The zero-order chi connectivity index (χ0) is 21.1. The van der Waals surface area contributed by atoms with Crippen molar-refractivity contribution in [3.05, 3.63) is 97.1 Å². The standard InChI is InChI=1S/C22H17Cl2N3O2S/c23-15-11-16-21(17(24)12-15)25-13-27(22(16)29)9-8-19(28)26-20(18-7-4-10-30-18)14-5-2-1-3-6-14/h1-7,10-13,20H,8-9H2,(H,26,28). The van der Waals surface area contributed by atoms with Crippen molar-refractivity contribution in [2.24, 2.45) is 0 Å². The summed E-state index contributed by atoms with van der Waals surface area (Å²) in [6.07, 6.45) is 1.54. The van der Waals surface area contributed by atoms with Gasteiger partial charge in [-0.1, -0.05) is 59.6 Å². The summed E-state index contributed by atoms with van der Waals surface area (Å²) in [5, 5.41) is 6.07. The molecule has 1 atom stereocenters. The number of aromatic nitrogens is 2. The van der Waals surface area contributed by atoms with Gasteiger partial charge in [0.15, 0.2) is 0 Å². The molecule has 8 heteroatoms. The summed E-state index contributed by atoms with van der Waals surface area (Å²) in [6.45, 7) is 0.198. The van der Waals surface area contributed by atoms with Crippen molar-refractivity contribution in [1.82, 2.24) is 14.9 Å². The lowest BCUT2D eigenvalue weighted by atomic mass is 10.1. The monoisotopic (exact) mass is 457 g/mol. The summed E-state index contributed by atoms with van der Waals surface area (Å²) in [5.74, 6) is -0.159. The maximum Gasteiger partial charge on any atom is 0.261 e. The molecule has 0 saturated carbocycles. The van der Waals surface area contributed by atoms with Gasteiger partial charge in [0.1, 0.15) is 0 Å². The van der Waals surface area contributed by atoms with E-state index >= 15 is 0 Å². The molecule has 1 unspecified atom stereocenters. The van der Waals surface area contributed by atoms with Gasteiger partial charge in [-0.15, -0.1) is 11.3 Å². The number of nitrogens with zero attached hydrogens (tertiary/aromatic N) is 2. The Kier molecular flexibility index (Phi) is 6.18. The molecule has 2 heterocycles. The molecule has 0 aliphatic carbocycles. The smallest absolute Gasteiger partial charge is 0.261 e. The number of thiophene rings is 1. The van der Waals surface area contributed by atoms with Gasteiger partial charge in [0.2, 0.25) is 5.91 Å². The van der Waals surface area contributed by atoms with Crippen LogP contribution in [0.4, 0.5) is 0 Å². The van der Waals surface area contributed by atoms with Gasteiger partial charge < -0.3 is 5.32 Å². The number of fused-ring (bicyclic) bond motifs is 1. The zero-order valence-corrected chi connectivity index (χ0v) is 18.0. The van der Waals surface area contributed by atoms with E-state index in [2.05, 4.69) is 10.3 Å². The van der Waals surface area contributed by atoms with Gasteiger partial charge in [0.25, 0.3) is 5.56 Å². The van der Waals surface area contributed by atoms with Crippen molar-refractivity contribution in [3.63, 3.8) is 0 Å². The molecule has 0 radical (unpaired) electrons. The van der Waals surface area contributed by atoms with E-state index in [0.717, 1.165) is 10.4 Å². The van der Waals surface area contributed by atoms with E-state index in [-0.39, 0.29) is 30.5 Å². The molecule has 0 aliphatic heterocycles. The molecule has 0 spiro atoms. The molecular weight excluding hydrogens is 441 g/mol. The highest BCUT2D eigenvalue weighted by molar-refractivity contribution is 7.10. The number of amides is 1. The van der Waals surface area contributed by atoms with Crippen LogP contribution >= 0.6 is 34.5 Å². The van der Waals surface area contributed by atoms with E-state index in [0.29, 0.717) is 20.9 Å². The van der Waals surface area contributed by atoms with Crippen LogP contribution in [0.1, 0.15) is 22.9 Å². The number of rotatable bonds is 6.